The molecule has 0 aromatic carbocycles. The Morgan fingerprint density at radius 3 is 3.00 bits per heavy atom. The number of amides is 1. The van der Waals surface area contributed by atoms with Crippen LogP contribution in [0.3, 0.4) is 0 Å². The number of hydrogen-bond acceptors (Lipinski definition) is 3. The second kappa shape index (κ2) is 5.57. The molecule has 4 heteroatoms. The van der Waals surface area contributed by atoms with E-state index in [1.54, 1.807) is 6.07 Å². The van der Waals surface area contributed by atoms with E-state index in [0.717, 1.165) is 31.7 Å². The van der Waals surface area contributed by atoms with Crippen LogP contribution in [0.15, 0.2) is 16.5 Å². The summed E-state index contributed by atoms with van der Waals surface area (Å²) in [4.78, 5) is 11.9. The highest BCUT2D eigenvalue weighted by Crippen LogP contribution is 2.24. The van der Waals surface area contributed by atoms with E-state index in [2.05, 4.69) is 17.6 Å². The number of aryl methyl sites for hydroxylation is 1. The quantitative estimate of drug-likeness (QED) is 0.859. The van der Waals surface area contributed by atoms with Gasteiger partial charge in [-0.1, -0.05) is 13.8 Å². The lowest BCUT2D eigenvalue weighted by atomic mass is 9.83. The van der Waals surface area contributed by atoms with Crippen molar-refractivity contribution in [3.8, 4) is 0 Å². The Labute approximate surface area is 108 Å². The van der Waals surface area contributed by atoms with Crippen molar-refractivity contribution in [2.24, 2.45) is 5.41 Å². The molecule has 0 aliphatic carbocycles. The summed E-state index contributed by atoms with van der Waals surface area (Å²) in [5.41, 5.74) is 0.161. The van der Waals surface area contributed by atoms with Gasteiger partial charge in [0.2, 0.25) is 0 Å². The van der Waals surface area contributed by atoms with Crippen molar-refractivity contribution in [3.63, 3.8) is 0 Å². The molecule has 1 aliphatic rings. The first-order valence-corrected chi connectivity index (χ1v) is 6.71. The average molecular weight is 250 g/mol. The molecular formula is C14H22N2O2. The summed E-state index contributed by atoms with van der Waals surface area (Å²) >= 11 is 0. The van der Waals surface area contributed by atoms with Gasteiger partial charge in [0, 0.05) is 19.5 Å². The standard InChI is InChI=1S/C14H22N2O2/c1-3-11-5-6-12(18-11)13(17)16-10-14(2)7-4-8-15-9-14/h5-6,15H,3-4,7-10H2,1-2H3,(H,16,17). The lowest BCUT2D eigenvalue weighted by Crippen LogP contribution is -2.45. The van der Waals surface area contributed by atoms with Crippen molar-refractivity contribution in [2.45, 2.75) is 33.1 Å². The number of rotatable bonds is 4. The molecular weight excluding hydrogens is 228 g/mol. The van der Waals surface area contributed by atoms with Crippen molar-refractivity contribution in [1.29, 1.82) is 0 Å². The molecule has 4 nitrogen and oxygen atoms in total. The van der Waals surface area contributed by atoms with Crippen LogP contribution in [0.4, 0.5) is 0 Å². The van der Waals surface area contributed by atoms with Crippen LogP contribution in [0.1, 0.15) is 43.0 Å². The van der Waals surface area contributed by atoms with Gasteiger partial charge in [0.25, 0.3) is 5.91 Å². The molecule has 0 bridgehead atoms. The summed E-state index contributed by atoms with van der Waals surface area (Å²) in [5.74, 6) is 1.16. The maximum atomic E-state index is 11.9. The summed E-state index contributed by atoms with van der Waals surface area (Å²) in [6.45, 7) is 6.96. The number of nitrogens with one attached hydrogen (secondary N) is 2. The first-order chi connectivity index (χ1) is 8.63. The SMILES string of the molecule is CCc1ccc(C(=O)NCC2(C)CCCNC2)o1. The fraction of sp³-hybridized carbons (Fsp3) is 0.643. The second-order valence-corrected chi connectivity index (χ2v) is 5.39. The Morgan fingerprint density at radius 2 is 2.39 bits per heavy atom. The van der Waals surface area contributed by atoms with E-state index in [4.69, 9.17) is 4.42 Å². The number of carbonyl (C=O) groups is 1. The lowest BCUT2D eigenvalue weighted by Gasteiger charge is -2.34. The first-order valence-electron chi connectivity index (χ1n) is 6.71. The molecule has 1 aromatic heterocycles. The summed E-state index contributed by atoms with van der Waals surface area (Å²) < 4.78 is 5.44. The number of piperidine rings is 1. The highest BCUT2D eigenvalue weighted by atomic mass is 16.3. The van der Waals surface area contributed by atoms with Gasteiger partial charge < -0.3 is 15.1 Å². The first kappa shape index (κ1) is 13.1. The van der Waals surface area contributed by atoms with Crippen molar-refractivity contribution in [1.82, 2.24) is 10.6 Å². The van der Waals surface area contributed by atoms with Gasteiger partial charge in [0.15, 0.2) is 5.76 Å². The van der Waals surface area contributed by atoms with E-state index in [9.17, 15) is 4.79 Å². The highest BCUT2D eigenvalue weighted by molar-refractivity contribution is 5.91. The second-order valence-electron chi connectivity index (χ2n) is 5.39. The Hall–Kier alpha value is -1.29. The van der Waals surface area contributed by atoms with E-state index in [0.29, 0.717) is 12.3 Å². The van der Waals surface area contributed by atoms with E-state index in [1.807, 2.05) is 13.0 Å². The van der Waals surface area contributed by atoms with Gasteiger partial charge in [-0.3, -0.25) is 4.79 Å². The van der Waals surface area contributed by atoms with Crippen LogP contribution in [-0.2, 0) is 6.42 Å². The molecule has 2 N–H and O–H groups in total. The van der Waals surface area contributed by atoms with Crippen LogP contribution in [0.2, 0.25) is 0 Å². The predicted octanol–water partition coefficient (Wildman–Crippen LogP) is 1.96. The van der Waals surface area contributed by atoms with E-state index in [-0.39, 0.29) is 11.3 Å². The molecule has 1 aromatic rings. The third-order valence-corrected chi connectivity index (χ3v) is 3.60. The Morgan fingerprint density at radius 1 is 1.56 bits per heavy atom. The Balaban J connectivity index is 1.87. The summed E-state index contributed by atoms with van der Waals surface area (Å²) in [6, 6.07) is 3.61. The summed E-state index contributed by atoms with van der Waals surface area (Å²) in [6.07, 6.45) is 3.14. The van der Waals surface area contributed by atoms with Gasteiger partial charge in [0.1, 0.15) is 5.76 Å². The largest absolute Gasteiger partial charge is 0.456 e. The molecule has 1 unspecified atom stereocenters. The van der Waals surface area contributed by atoms with Gasteiger partial charge in [-0.05, 0) is 36.9 Å². The van der Waals surface area contributed by atoms with Crippen molar-refractivity contribution < 1.29 is 9.21 Å². The molecule has 1 saturated heterocycles. The number of carbonyl (C=O) groups excluding carboxylic acids is 1. The molecule has 100 valence electrons. The normalized spacial score (nSPS) is 23.9. The summed E-state index contributed by atoms with van der Waals surface area (Å²) in [7, 11) is 0. The molecule has 2 rings (SSSR count). The molecule has 18 heavy (non-hydrogen) atoms. The van der Waals surface area contributed by atoms with E-state index < -0.39 is 0 Å². The minimum absolute atomic E-state index is 0.110. The molecule has 0 saturated carbocycles. The fourth-order valence-corrected chi connectivity index (χ4v) is 2.34. The van der Waals surface area contributed by atoms with Crippen molar-refractivity contribution in [2.75, 3.05) is 19.6 Å². The zero-order valence-corrected chi connectivity index (χ0v) is 11.2. The molecule has 0 spiro atoms. The van der Waals surface area contributed by atoms with Crippen molar-refractivity contribution >= 4 is 5.91 Å². The maximum absolute atomic E-state index is 11.9. The number of hydrogen-bond donors (Lipinski definition) is 2. The van der Waals surface area contributed by atoms with E-state index >= 15 is 0 Å². The molecule has 0 radical (unpaired) electrons. The zero-order valence-electron chi connectivity index (χ0n) is 11.2. The monoisotopic (exact) mass is 250 g/mol. The molecule has 1 aliphatic heterocycles. The Bertz CT molecular complexity index is 406. The lowest BCUT2D eigenvalue weighted by molar-refractivity contribution is 0.0895. The molecule has 1 atom stereocenters. The molecule has 2 heterocycles. The maximum Gasteiger partial charge on any atom is 0.287 e. The third-order valence-electron chi connectivity index (χ3n) is 3.60. The van der Waals surface area contributed by atoms with Crippen LogP contribution in [0, 0.1) is 5.41 Å². The van der Waals surface area contributed by atoms with Gasteiger partial charge >= 0.3 is 0 Å². The highest BCUT2D eigenvalue weighted by Gasteiger charge is 2.27. The molecule has 1 amide bonds. The fourth-order valence-electron chi connectivity index (χ4n) is 2.34. The van der Waals surface area contributed by atoms with E-state index in [1.165, 1.54) is 6.42 Å². The van der Waals surface area contributed by atoms with Crippen LogP contribution in [0.25, 0.3) is 0 Å². The summed E-state index contributed by atoms with van der Waals surface area (Å²) in [5, 5.41) is 6.35. The van der Waals surface area contributed by atoms with Gasteiger partial charge in [0.05, 0.1) is 0 Å². The molecule has 1 fully saturated rings. The van der Waals surface area contributed by atoms with Gasteiger partial charge in [-0.15, -0.1) is 0 Å². The smallest absolute Gasteiger partial charge is 0.287 e. The van der Waals surface area contributed by atoms with Crippen LogP contribution < -0.4 is 10.6 Å². The average Bonchev–Trinajstić information content (AvgIpc) is 2.86. The van der Waals surface area contributed by atoms with Crippen LogP contribution in [-0.4, -0.2) is 25.5 Å². The van der Waals surface area contributed by atoms with Gasteiger partial charge in [-0.2, -0.15) is 0 Å². The van der Waals surface area contributed by atoms with Crippen LogP contribution >= 0.6 is 0 Å². The number of furan rings is 1. The third kappa shape index (κ3) is 3.13. The minimum atomic E-state index is -0.110. The predicted molar refractivity (Wildman–Crippen MR) is 70.6 cm³/mol. The zero-order chi connectivity index (χ0) is 13.0. The Kier molecular flexibility index (Phi) is 4.07. The van der Waals surface area contributed by atoms with Gasteiger partial charge in [-0.25, -0.2) is 0 Å². The topological polar surface area (TPSA) is 54.3 Å². The van der Waals surface area contributed by atoms with Crippen LogP contribution in [0.5, 0.6) is 0 Å². The van der Waals surface area contributed by atoms with Crippen molar-refractivity contribution in [3.05, 3.63) is 23.7 Å². The minimum Gasteiger partial charge on any atom is -0.456 e.